The van der Waals surface area contributed by atoms with Crippen molar-refractivity contribution in [2.24, 2.45) is 17.6 Å². The van der Waals surface area contributed by atoms with Gasteiger partial charge < -0.3 is 30.9 Å². The van der Waals surface area contributed by atoms with Crippen LogP contribution >= 0.6 is 0 Å². The Kier molecular flexibility index (Phi) is 7.19. The van der Waals surface area contributed by atoms with E-state index in [1.54, 1.807) is 21.2 Å². The number of amides is 1. The molecule has 3 aliphatic carbocycles. The minimum absolute atomic E-state index is 0.00293. The lowest BCUT2D eigenvalue weighted by Gasteiger charge is -2.50. The molecule has 0 aromatic heterocycles. The van der Waals surface area contributed by atoms with E-state index in [9.17, 15) is 34.8 Å². The SMILES string of the molecule is COCCN(C)Cc1ccc2cc3c(c(O)c2c1)C(=O)C1=C(O)[C@]2(O)C(=O)C(C(N)=O)=C(O)[C@@H](N(C)C)[C@@H]2C[C@@H]1C3. The standard InChI is InChI=1S/C30H35N3O8/c1-32(2)23-19-12-17-11-16-10-15-6-5-14(13-33(3)7-8-41-4)9-18(15)24(34)20(16)25(35)21(17)27(37)30(19,40)28(38)22(26(23)36)29(31)39/h5-6,9-10,17,19,23,34,36-37,40H,7-8,11-13H2,1-4H3,(H2,31,39)/t17-,19-,23-,30-/m0/s1. The number of aliphatic hydroxyl groups excluding tert-OH is 2. The molecule has 2 aromatic rings. The fourth-order valence-corrected chi connectivity index (χ4v) is 6.80. The van der Waals surface area contributed by atoms with E-state index in [-0.39, 0.29) is 29.7 Å². The molecule has 41 heavy (non-hydrogen) atoms. The number of Topliss-reactive ketones (excluding diaryl/α,β-unsaturated/α-hetero) is 2. The molecule has 0 radical (unpaired) electrons. The maximum absolute atomic E-state index is 13.9. The summed E-state index contributed by atoms with van der Waals surface area (Å²) < 4.78 is 5.13. The van der Waals surface area contributed by atoms with Crippen LogP contribution in [0.4, 0.5) is 0 Å². The molecule has 11 heteroatoms. The number of primary amides is 1. The average Bonchev–Trinajstić information content (AvgIpc) is 2.89. The largest absolute Gasteiger partial charge is 0.510 e. The summed E-state index contributed by atoms with van der Waals surface area (Å²) in [7, 11) is 6.77. The number of fused-ring (bicyclic) bond motifs is 4. The number of hydrogen-bond donors (Lipinski definition) is 5. The van der Waals surface area contributed by atoms with E-state index < -0.39 is 58.0 Å². The van der Waals surface area contributed by atoms with Crippen LogP contribution in [-0.2, 0) is 27.3 Å². The number of nitrogens with zero attached hydrogens (tertiary/aromatic N) is 2. The van der Waals surface area contributed by atoms with Crippen molar-refractivity contribution in [3.8, 4) is 5.75 Å². The predicted molar refractivity (Wildman–Crippen MR) is 149 cm³/mol. The fourth-order valence-electron chi connectivity index (χ4n) is 6.80. The van der Waals surface area contributed by atoms with Gasteiger partial charge in [0.05, 0.1) is 18.2 Å². The highest BCUT2D eigenvalue weighted by atomic mass is 16.5. The van der Waals surface area contributed by atoms with Crippen molar-refractivity contribution < 1.29 is 39.5 Å². The minimum Gasteiger partial charge on any atom is -0.510 e. The van der Waals surface area contributed by atoms with Crippen molar-refractivity contribution in [1.29, 1.82) is 0 Å². The number of likely N-dealkylation sites (N-methyl/N-ethyl adjacent to an activating group) is 2. The van der Waals surface area contributed by atoms with E-state index in [0.717, 1.165) is 10.9 Å². The number of rotatable bonds is 7. The highest BCUT2D eigenvalue weighted by Gasteiger charge is 2.63. The molecule has 0 spiro atoms. The molecule has 0 fully saturated rings. The molecule has 0 aliphatic heterocycles. The summed E-state index contributed by atoms with van der Waals surface area (Å²) in [6, 6.07) is 6.47. The van der Waals surface area contributed by atoms with Gasteiger partial charge in [0.15, 0.2) is 11.4 Å². The lowest BCUT2D eigenvalue weighted by molar-refractivity contribution is -0.148. The third kappa shape index (κ3) is 4.31. The summed E-state index contributed by atoms with van der Waals surface area (Å²) in [5, 5.41) is 46.6. The number of benzene rings is 2. The second-order valence-electron chi connectivity index (χ2n) is 11.5. The number of hydrogen-bond acceptors (Lipinski definition) is 10. The van der Waals surface area contributed by atoms with Crippen LogP contribution in [0.2, 0.25) is 0 Å². The van der Waals surface area contributed by atoms with Crippen molar-refractivity contribution in [2.45, 2.75) is 31.0 Å². The monoisotopic (exact) mass is 565 g/mol. The molecule has 11 nitrogen and oxygen atoms in total. The van der Waals surface area contributed by atoms with Crippen LogP contribution in [0.25, 0.3) is 10.8 Å². The van der Waals surface area contributed by atoms with Gasteiger partial charge >= 0.3 is 0 Å². The summed E-state index contributed by atoms with van der Waals surface area (Å²) >= 11 is 0. The normalized spacial score (nSPS) is 26.1. The number of ether oxygens (including phenoxy) is 1. The van der Waals surface area contributed by atoms with Gasteiger partial charge in [-0.15, -0.1) is 0 Å². The fraction of sp³-hybridized carbons (Fsp3) is 0.433. The molecule has 3 aliphatic rings. The van der Waals surface area contributed by atoms with Gasteiger partial charge in [-0.2, -0.15) is 0 Å². The van der Waals surface area contributed by atoms with E-state index >= 15 is 0 Å². The Morgan fingerprint density at radius 1 is 1.15 bits per heavy atom. The summed E-state index contributed by atoms with van der Waals surface area (Å²) in [5.74, 6) is -6.56. The van der Waals surface area contributed by atoms with Gasteiger partial charge in [0.2, 0.25) is 5.78 Å². The van der Waals surface area contributed by atoms with Crippen LogP contribution in [0.1, 0.15) is 27.9 Å². The van der Waals surface area contributed by atoms with Crippen molar-refractivity contribution in [3.63, 3.8) is 0 Å². The maximum Gasteiger partial charge on any atom is 0.255 e. The number of carbonyl (C=O) groups excluding carboxylic acids is 3. The van der Waals surface area contributed by atoms with Gasteiger partial charge in [0.1, 0.15) is 22.8 Å². The summed E-state index contributed by atoms with van der Waals surface area (Å²) in [6.07, 6.45) is 0.302. The number of phenols is 1. The third-order valence-electron chi connectivity index (χ3n) is 8.72. The van der Waals surface area contributed by atoms with Gasteiger partial charge in [0, 0.05) is 37.1 Å². The number of carbonyl (C=O) groups is 3. The molecule has 0 saturated carbocycles. The van der Waals surface area contributed by atoms with Crippen molar-refractivity contribution in [2.75, 3.05) is 41.4 Å². The van der Waals surface area contributed by atoms with Gasteiger partial charge in [-0.05, 0) is 62.5 Å². The van der Waals surface area contributed by atoms with Crippen molar-refractivity contribution >= 4 is 28.2 Å². The summed E-state index contributed by atoms with van der Waals surface area (Å²) in [5.41, 5.74) is 3.23. The topological polar surface area (TPSA) is 174 Å². The first kappa shape index (κ1) is 28.7. The lowest BCUT2D eigenvalue weighted by Crippen LogP contribution is -2.63. The molecule has 0 bridgehead atoms. The van der Waals surface area contributed by atoms with E-state index in [2.05, 4.69) is 4.90 Å². The minimum atomic E-state index is -2.66. The quantitative estimate of drug-likeness (QED) is 0.308. The molecular weight excluding hydrogens is 530 g/mol. The average molecular weight is 566 g/mol. The molecule has 4 atom stereocenters. The van der Waals surface area contributed by atoms with Gasteiger partial charge in [-0.3, -0.25) is 24.2 Å². The van der Waals surface area contributed by atoms with Crippen LogP contribution in [0, 0.1) is 11.8 Å². The molecule has 6 N–H and O–H groups in total. The van der Waals surface area contributed by atoms with Crippen LogP contribution in [0.5, 0.6) is 5.75 Å². The first-order valence-corrected chi connectivity index (χ1v) is 13.4. The molecular formula is C30H35N3O8. The molecule has 0 heterocycles. The van der Waals surface area contributed by atoms with Crippen LogP contribution < -0.4 is 5.73 Å². The Balaban J connectivity index is 1.62. The Labute approximate surface area is 237 Å². The highest BCUT2D eigenvalue weighted by Crippen LogP contribution is 2.52. The van der Waals surface area contributed by atoms with Gasteiger partial charge in [-0.1, -0.05) is 18.2 Å². The van der Waals surface area contributed by atoms with Crippen LogP contribution in [0.3, 0.4) is 0 Å². The number of ketones is 2. The smallest absolute Gasteiger partial charge is 0.255 e. The second kappa shape index (κ2) is 10.3. The van der Waals surface area contributed by atoms with Crippen LogP contribution in [-0.4, -0.2) is 101 Å². The Morgan fingerprint density at radius 3 is 2.49 bits per heavy atom. The van der Waals surface area contributed by atoms with Gasteiger partial charge in [-0.25, -0.2) is 0 Å². The number of nitrogens with two attached hydrogens (primary N) is 1. The Bertz CT molecular complexity index is 1540. The van der Waals surface area contributed by atoms with E-state index in [1.807, 2.05) is 31.3 Å². The molecule has 5 rings (SSSR count). The molecule has 0 saturated heterocycles. The highest BCUT2D eigenvalue weighted by molar-refractivity contribution is 6.25. The molecule has 2 aromatic carbocycles. The molecule has 0 unspecified atom stereocenters. The van der Waals surface area contributed by atoms with E-state index in [0.29, 0.717) is 30.6 Å². The Morgan fingerprint density at radius 2 is 1.85 bits per heavy atom. The predicted octanol–water partition coefficient (Wildman–Crippen LogP) is 1.35. The number of aliphatic hydroxyl groups is 3. The van der Waals surface area contributed by atoms with Crippen molar-refractivity contribution in [1.82, 2.24) is 9.80 Å². The summed E-state index contributed by atoms with van der Waals surface area (Å²) in [6.45, 7) is 1.86. The first-order chi connectivity index (χ1) is 19.3. The lowest BCUT2D eigenvalue weighted by atomic mass is 9.58. The molecule has 218 valence electrons. The second-order valence-corrected chi connectivity index (χ2v) is 11.5. The first-order valence-electron chi connectivity index (χ1n) is 13.4. The van der Waals surface area contributed by atoms with Gasteiger partial charge in [0.25, 0.3) is 5.91 Å². The zero-order valence-corrected chi connectivity index (χ0v) is 23.5. The zero-order chi connectivity index (χ0) is 30.0. The maximum atomic E-state index is 13.9. The number of phenolic OH excluding ortho intramolecular Hbond substituents is 1. The number of allylic oxidation sites excluding steroid dienone is 1. The van der Waals surface area contributed by atoms with Crippen molar-refractivity contribution in [3.05, 3.63) is 63.6 Å². The zero-order valence-electron chi connectivity index (χ0n) is 23.5. The van der Waals surface area contributed by atoms with Crippen LogP contribution in [0.15, 0.2) is 46.9 Å². The Hall–Kier alpha value is -3.77. The number of aromatic hydroxyl groups is 1. The number of methoxy groups -OCH3 is 1. The third-order valence-corrected chi connectivity index (χ3v) is 8.72. The molecule has 1 amide bonds. The summed E-state index contributed by atoms with van der Waals surface area (Å²) in [4.78, 5) is 43.1. The van der Waals surface area contributed by atoms with E-state index in [1.165, 1.54) is 4.90 Å². The van der Waals surface area contributed by atoms with E-state index in [4.69, 9.17) is 10.5 Å².